The molecule has 1 unspecified atom stereocenters. The summed E-state index contributed by atoms with van der Waals surface area (Å²) in [5, 5.41) is 18.3. The van der Waals surface area contributed by atoms with E-state index >= 15 is 0 Å². The Bertz CT molecular complexity index is 246. The fourth-order valence-electron chi connectivity index (χ4n) is 2.53. The molecule has 0 aromatic rings. The van der Waals surface area contributed by atoms with Gasteiger partial charge in [-0.3, -0.25) is 9.69 Å². The summed E-state index contributed by atoms with van der Waals surface area (Å²) in [5.41, 5.74) is 0. The van der Waals surface area contributed by atoms with Gasteiger partial charge in [-0.1, -0.05) is 0 Å². The van der Waals surface area contributed by atoms with Crippen molar-refractivity contribution in [3.63, 3.8) is 0 Å². The van der Waals surface area contributed by atoms with Crippen LogP contribution in [-0.2, 0) is 4.79 Å². The van der Waals surface area contributed by atoms with Crippen molar-refractivity contribution in [1.29, 1.82) is 0 Å². The van der Waals surface area contributed by atoms with Crippen LogP contribution in [0.5, 0.6) is 0 Å². The minimum Gasteiger partial charge on any atom is -0.480 e. The number of nitrogens with zero attached hydrogens (tertiary/aromatic N) is 1. The van der Waals surface area contributed by atoms with Crippen molar-refractivity contribution in [2.24, 2.45) is 11.8 Å². The lowest BCUT2D eigenvalue weighted by Crippen LogP contribution is -2.45. The lowest BCUT2D eigenvalue weighted by Gasteiger charge is -2.36. The molecular formula is C11H19NO3. The van der Waals surface area contributed by atoms with Crippen molar-refractivity contribution < 1.29 is 15.0 Å². The first-order chi connectivity index (χ1) is 7.08. The lowest BCUT2D eigenvalue weighted by atomic mass is 9.82. The zero-order valence-corrected chi connectivity index (χ0v) is 9.09. The van der Waals surface area contributed by atoms with Crippen molar-refractivity contribution in [1.82, 2.24) is 4.90 Å². The minimum atomic E-state index is -0.695. The molecule has 2 N–H and O–H groups in total. The highest BCUT2D eigenvalue weighted by molar-refractivity contribution is 5.74. The summed E-state index contributed by atoms with van der Waals surface area (Å²) in [6.07, 6.45) is 3.62. The first-order valence-corrected chi connectivity index (χ1v) is 5.69. The third-order valence-corrected chi connectivity index (χ3v) is 3.55. The highest BCUT2D eigenvalue weighted by Gasteiger charge is 2.40. The molecule has 2 fully saturated rings. The van der Waals surface area contributed by atoms with Crippen LogP contribution in [-0.4, -0.2) is 46.8 Å². The number of carboxylic acids is 1. The Morgan fingerprint density at radius 3 is 2.47 bits per heavy atom. The van der Waals surface area contributed by atoms with Crippen LogP contribution in [0.1, 0.15) is 25.7 Å². The normalized spacial score (nSPS) is 32.5. The monoisotopic (exact) mass is 213 g/mol. The summed E-state index contributed by atoms with van der Waals surface area (Å²) in [7, 11) is 1.89. The highest BCUT2D eigenvalue weighted by Crippen LogP contribution is 2.36. The fraction of sp³-hybridized carbons (Fsp3) is 0.909. The van der Waals surface area contributed by atoms with Gasteiger partial charge in [0.25, 0.3) is 0 Å². The third kappa shape index (κ3) is 2.49. The van der Waals surface area contributed by atoms with Crippen molar-refractivity contribution in [2.45, 2.75) is 37.8 Å². The summed E-state index contributed by atoms with van der Waals surface area (Å²) >= 11 is 0. The van der Waals surface area contributed by atoms with Crippen LogP contribution in [0.3, 0.4) is 0 Å². The van der Waals surface area contributed by atoms with E-state index < -0.39 is 5.97 Å². The van der Waals surface area contributed by atoms with E-state index in [2.05, 4.69) is 0 Å². The van der Waals surface area contributed by atoms with Crippen LogP contribution in [0, 0.1) is 11.8 Å². The molecule has 0 aromatic heterocycles. The molecule has 0 aromatic carbocycles. The van der Waals surface area contributed by atoms with Crippen LogP contribution in [0.15, 0.2) is 0 Å². The average molecular weight is 213 g/mol. The number of aliphatic hydroxyl groups is 1. The maximum Gasteiger partial charge on any atom is 0.321 e. The molecule has 2 aliphatic carbocycles. The number of carboxylic acid groups (broad SMARTS) is 1. The molecule has 86 valence electrons. The van der Waals surface area contributed by atoms with E-state index in [1.165, 1.54) is 0 Å². The molecule has 4 heteroatoms. The second-order valence-corrected chi connectivity index (χ2v) is 5.05. The van der Waals surface area contributed by atoms with Gasteiger partial charge in [-0.2, -0.15) is 0 Å². The van der Waals surface area contributed by atoms with Gasteiger partial charge in [0.05, 0.1) is 6.10 Å². The Balaban J connectivity index is 1.82. The standard InChI is InChI=1S/C11H19NO3/c1-12(6-7-4-9(13)5-7)10(11(14)15)8-2-3-8/h7-10,13H,2-6H2,1H3,(H,14,15). The van der Waals surface area contributed by atoms with Crippen LogP contribution >= 0.6 is 0 Å². The van der Waals surface area contributed by atoms with E-state index in [0.29, 0.717) is 11.8 Å². The SMILES string of the molecule is CN(CC1CC(O)C1)C(C(=O)O)C1CC1. The van der Waals surface area contributed by atoms with Gasteiger partial charge in [0, 0.05) is 6.54 Å². The van der Waals surface area contributed by atoms with E-state index in [0.717, 1.165) is 32.2 Å². The molecule has 1 atom stereocenters. The summed E-state index contributed by atoms with van der Waals surface area (Å²) in [6.45, 7) is 0.810. The number of carbonyl (C=O) groups is 1. The Morgan fingerprint density at radius 1 is 1.47 bits per heavy atom. The summed E-state index contributed by atoms with van der Waals surface area (Å²) < 4.78 is 0. The van der Waals surface area contributed by atoms with Gasteiger partial charge < -0.3 is 10.2 Å². The number of likely N-dealkylation sites (N-methyl/N-ethyl adjacent to an activating group) is 1. The number of aliphatic carboxylic acids is 1. The Morgan fingerprint density at radius 2 is 2.07 bits per heavy atom. The van der Waals surface area contributed by atoms with Crippen LogP contribution in [0.25, 0.3) is 0 Å². The molecule has 4 nitrogen and oxygen atoms in total. The molecule has 2 saturated carbocycles. The molecule has 0 radical (unpaired) electrons. The zero-order chi connectivity index (χ0) is 11.0. The van der Waals surface area contributed by atoms with Gasteiger partial charge in [-0.25, -0.2) is 0 Å². The van der Waals surface area contributed by atoms with Gasteiger partial charge in [-0.15, -0.1) is 0 Å². The smallest absolute Gasteiger partial charge is 0.321 e. The largest absolute Gasteiger partial charge is 0.480 e. The van der Waals surface area contributed by atoms with Crippen LogP contribution in [0.4, 0.5) is 0 Å². The predicted molar refractivity (Wildman–Crippen MR) is 55.5 cm³/mol. The summed E-state index contributed by atoms with van der Waals surface area (Å²) in [5.74, 6) is 0.156. The molecule has 0 saturated heterocycles. The molecule has 0 aliphatic heterocycles. The van der Waals surface area contributed by atoms with Crippen LogP contribution in [0.2, 0.25) is 0 Å². The summed E-state index contributed by atoms with van der Waals surface area (Å²) in [4.78, 5) is 13.0. The quantitative estimate of drug-likeness (QED) is 0.700. The third-order valence-electron chi connectivity index (χ3n) is 3.55. The number of hydrogen-bond donors (Lipinski definition) is 2. The minimum absolute atomic E-state index is 0.146. The molecule has 2 aliphatic rings. The van der Waals surface area contributed by atoms with E-state index in [1.807, 2.05) is 11.9 Å². The Kier molecular flexibility index (Phi) is 2.98. The van der Waals surface area contributed by atoms with E-state index in [4.69, 9.17) is 10.2 Å². The second kappa shape index (κ2) is 4.10. The Hall–Kier alpha value is -0.610. The van der Waals surface area contributed by atoms with E-state index in [1.54, 1.807) is 0 Å². The number of aliphatic hydroxyl groups excluding tert-OH is 1. The highest BCUT2D eigenvalue weighted by atomic mass is 16.4. The van der Waals surface area contributed by atoms with Crippen molar-refractivity contribution >= 4 is 5.97 Å². The fourth-order valence-corrected chi connectivity index (χ4v) is 2.53. The Labute approximate surface area is 89.9 Å². The molecule has 0 amide bonds. The van der Waals surface area contributed by atoms with Gasteiger partial charge in [0.15, 0.2) is 0 Å². The zero-order valence-electron chi connectivity index (χ0n) is 9.09. The topological polar surface area (TPSA) is 60.8 Å². The first kappa shape index (κ1) is 10.9. The molecule has 0 bridgehead atoms. The molecule has 2 rings (SSSR count). The van der Waals surface area contributed by atoms with Gasteiger partial charge >= 0.3 is 5.97 Å². The maximum atomic E-state index is 11.1. The molecular weight excluding hydrogens is 194 g/mol. The number of rotatable bonds is 5. The number of hydrogen-bond acceptors (Lipinski definition) is 3. The van der Waals surface area contributed by atoms with Gasteiger partial charge in [-0.05, 0) is 44.6 Å². The second-order valence-electron chi connectivity index (χ2n) is 5.05. The van der Waals surface area contributed by atoms with E-state index in [9.17, 15) is 4.79 Å². The van der Waals surface area contributed by atoms with Crippen molar-refractivity contribution in [3.8, 4) is 0 Å². The maximum absolute atomic E-state index is 11.1. The van der Waals surface area contributed by atoms with Crippen molar-refractivity contribution in [3.05, 3.63) is 0 Å². The van der Waals surface area contributed by atoms with Gasteiger partial charge in [0.2, 0.25) is 0 Å². The van der Waals surface area contributed by atoms with E-state index in [-0.39, 0.29) is 12.1 Å². The first-order valence-electron chi connectivity index (χ1n) is 5.69. The molecule has 15 heavy (non-hydrogen) atoms. The molecule has 0 spiro atoms. The van der Waals surface area contributed by atoms with Gasteiger partial charge in [0.1, 0.15) is 6.04 Å². The van der Waals surface area contributed by atoms with Crippen molar-refractivity contribution in [2.75, 3.05) is 13.6 Å². The average Bonchev–Trinajstić information content (AvgIpc) is 2.85. The lowest BCUT2D eigenvalue weighted by molar-refractivity contribution is -0.144. The summed E-state index contributed by atoms with van der Waals surface area (Å²) in [6, 6.07) is -0.303. The molecule has 0 heterocycles. The van der Waals surface area contributed by atoms with Crippen LogP contribution < -0.4 is 0 Å². The predicted octanol–water partition coefficient (Wildman–Crippen LogP) is 0.552.